The lowest BCUT2D eigenvalue weighted by atomic mass is 10.1. The minimum atomic E-state index is -0.749. The molecule has 1 aromatic carbocycles. The van der Waals surface area contributed by atoms with Crippen LogP contribution in [0.3, 0.4) is 0 Å². The summed E-state index contributed by atoms with van der Waals surface area (Å²) in [5.74, 6) is -0.749. The molecule has 0 fully saturated rings. The zero-order valence-electron chi connectivity index (χ0n) is 12.7. The topological polar surface area (TPSA) is 78.4 Å². The van der Waals surface area contributed by atoms with Crippen molar-refractivity contribution in [3.05, 3.63) is 29.3 Å². The van der Waals surface area contributed by atoms with Crippen LogP contribution in [-0.2, 0) is 4.79 Å². The van der Waals surface area contributed by atoms with Gasteiger partial charge in [-0.05, 0) is 49.9 Å². The molecule has 0 unspecified atom stereocenters. The number of carbonyl (C=O) groups excluding carboxylic acids is 1. The number of rotatable bonds is 8. The largest absolute Gasteiger partial charge is 0.481 e. The Morgan fingerprint density at radius 3 is 2.43 bits per heavy atom. The Morgan fingerprint density at radius 1 is 1.05 bits per heavy atom. The third-order valence-corrected chi connectivity index (χ3v) is 3.37. The second-order valence-corrected chi connectivity index (χ2v) is 5.24. The van der Waals surface area contributed by atoms with E-state index in [0.29, 0.717) is 13.0 Å². The van der Waals surface area contributed by atoms with Crippen molar-refractivity contribution in [1.29, 1.82) is 0 Å². The molecule has 5 heteroatoms. The summed E-state index contributed by atoms with van der Waals surface area (Å²) in [6, 6.07) is 5.60. The Morgan fingerprint density at radius 2 is 1.76 bits per heavy atom. The molecule has 0 spiro atoms. The number of unbranched alkanes of at least 4 members (excludes halogenated alkanes) is 3. The number of carbonyl (C=O) groups is 2. The fourth-order valence-electron chi connectivity index (χ4n) is 1.95. The van der Waals surface area contributed by atoms with Gasteiger partial charge in [-0.1, -0.05) is 18.9 Å². The van der Waals surface area contributed by atoms with Crippen molar-refractivity contribution in [3.8, 4) is 0 Å². The molecule has 21 heavy (non-hydrogen) atoms. The van der Waals surface area contributed by atoms with E-state index in [1.54, 1.807) is 0 Å². The molecule has 0 heterocycles. The molecule has 0 aliphatic carbocycles. The molecule has 0 bridgehead atoms. The lowest BCUT2D eigenvalue weighted by Gasteiger charge is -2.09. The number of hydrogen-bond donors (Lipinski definition) is 3. The second kappa shape index (κ2) is 9.00. The lowest BCUT2D eigenvalue weighted by Crippen LogP contribution is -2.29. The van der Waals surface area contributed by atoms with Crippen LogP contribution in [0.25, 0.3) is 0 Å². The van der Waals surface area contributed by atoms with E-state index in [-0.39, 0.29) is 12.5 Å². The van der Waals surface area contributed by atoms with E-state index in [2.05, 4.69) is 10.6 Å². The van der Waals surface area contributed by atoms with Crippen LogP contribution in [0.15, 0.2) is 18.2 Å². The van der Waals surface area contributed by atoms with Gasteiger partial charge in [-0.25, -0.2) is 4.79 Å². The third kappa shape index (κ3) is 7.34. The second-order valence-electron chi connectivity index (χ2n) is 5.24. The van der Waals surface area contributed by atoms with E-state index in [1.165, 1.54) is 5.56 Å². The lowest BCUT2D eigenvalue weighted by molar-refractivity contribution is -0.137. The summed E-state index contributed by atoms with van der Waals surface area (Å²) in [7, 11) is 0. The van der Waals surface area contributed by atoms with Crippen molar-refractivity contribution in [3.63, 3.8) is 0 Å². The minimum absolute atomic E-state index is 0.205. The Hall–Kier alpha value is -2.04. The zero-order chi connectivity index (χ0) is 15.7. The van der Waals surface area contributed by atoms with E-state index < -0.39 is 5.97 Å². The van der Waals surface area contributed by atoms with Gasteiger partial charge < -0.3 is 15.7 Å². The molecule has 0 radical (unpaired) electrons. The van der Waals surface area contributed by atoms with Gasteiger partial charge in [0, 0.05) is 18.7 Å². The van der Waals surface area contributed by atoms with Crippen LogP contribution >= 0.6 is 0 Å². The van der Waals surface area contributed by atoms with Crippen LogP contribution in [0.1, 0.15) is 43.2 Å². The maximum Gasteiger partial charge on any atom is 0.319 e. The average Bonchev–Trinajstić information content (AvgIpc) is 2.41. The van der Waals surface area contributed by atoms with Gasteiger partial charge in [-0.2, -0.15) is 0 Å². The molecular formula is C16H24N2O3. The van der Waals surface area contributed by atoms with Gasteiger partial charge in [0.05, 0.1) is 0 Å². The summed E-state index contributed by atoms with van der Waals surface area (Å²) < 4.78 is 0. The summed E-state index contributed by atoms with van der Waals surface area (Å²) in [6.45, 7) is 4.64. The number of benzene rings is 1. The van der Waals surface area contributed by atoms with Gasteiger partial charge in [0.25, 0.3) is 0 Å². The number of anilines is 1. The van der Waals surface area contributed by atoms with Crippen molar-refractivity contribution >= 4 is 17.7 Å². The number of aliphatic carboxylic acids is 1. The van der Waals surface area contributed by atoms with E-state index >= 15 is 0 Å². The molecule has 0 atom stereocenters. The summed E-state index contributed by atoms with van der Waals surface area (Å²) in [6.07, 6.45) is 3.59. The van der Waals surface area contributed by atoms with Crippen LogP contribution in [0.5, 0.6) is 0 Å². The maximum atomic E-state index is 11.7. The number of aryl methyl sites for hydroxylation is 2. The Bertz CT molecular complexity index is 486. The normalized spacial score (nSPS) is 10.2. The predicted molar refractivity (Wildman–Crippen MR) is 83.7 cm³/mol. The number of hydrogen-bond acceptors (Lipinski definition) is 2. The quantitative estimate of drug-likeness (QED) is 0.642. The highest BCUT2D eigenvalue weighted by Gasteiger charge is 2.02. The molecule has 1 aromatic rings. The summed E-state index contributed by atoms with van der Waals surface area (Å²) in [5, 5.41) is 14.1. The van der Waals surface area contributed by atoms with Crippen molar-refractivity contribution in [2.45, 2.75) is 46.0 Å². The molecule has 1 rings (SSSR count). The monoisotopic (exact) mass is 292 g/mol. The number of nitrogens with one attached hydrogen (secondary N) is 2. The van der Waals surface area contributed by atoms with E-state index in [9.17, 15) is 9.59 Å². The van der Waals surface area contributed by atoms with Crippen LogP contribution in [0, 0.1) is 13.8 Å². The smallest absolute Gasteiger partial charge is 0.319 e. The highest BCUT2D eigenvalue weighted by molar-refractivity contribution is 5.89. The molecule has 0 aliphatic heterocycles. The van der Waals surface area contributed by atoms with Gasteiger partial charge in [-0.15, -0.1) is 0 Å². The molecule has 116 valence electrons. The predicted octanol–water partition coefficient (Wildman–Crippen LogP) is 3.46. The first-order valence-electron chi connectivity index (χ1n) is 7.33. The van der Waals surface area contributed by atoms with Crippen LogP contribution in [-0.4, -0.2) is 23.7 Å². The molecule has 5 nitrogen and oxygen atoms in total. The average molecular weight is 292 g/mol. The minimum Gasteiger partial charge on any atom is -0.481 e. The van der Waals surface area contributed by atoms with E-state index in [0.717, 1.165) is 30.5 Å². The third-order valence-electron chi connectivity index (χ3n) is 3.37. The van der Waals surface area contributed by atoms with Crippen LogP contribution < -0.4 is 10.6 Å². The number of urea groups is 1. The molecule has 0 aromatic heterocycles. The van der Waals surface area contributed by atoms with Gasteiger partial charge in [0.1, 0.15) is 0 Å². The molecule has 0 saturated carbocycles. The molecule has 0 aliphatic rings. The first-order valence-corrected chi connectivity index (χ1v) is 7.33. The van der Waals surface area contributed by atoms with Crippen LogP contribution in [0.2, 0.25) is 0 Å². The van der Waals surface area contributed by atoms with Crippen molar-refractivity contribution < 1.29 is 14.7 Å². The van der Waals surface area contributed by atoms with Gasteiger partial charge in [0.15, 0.2) is 0 Å². The Labute approximate surface area is 125 Å². The standard InChI is InChI=1S/C16H24N2O3/c1-12-8-9-14(11-13(12)2)18-16(21)17-10-6-4-3-5-7-15(19)20/h8-9,11H,3-7,10H2,1-2H3,(H,19,20)(H2,17,18,21). The van der Waals surface area contributed by atoms with Gasteiger partial charge >= 0.3 is 12.0 Å². The fourth-order valence-corrected chi connectivity index (χ4v) is 1.95. The fraction of sp³-hybridized carbons (Fsp3) is 0.500. The Balaban J connectivity index is 2.14. The highest BCUT2D eigenvalue weighted by atomic mass is 16.4. The summed E-state index contributed by atoms with van der Waals surface area (Å²) >= 11 is 0. The molecule has 0 saturated heterocycles. The Kier molecular flexibility index (Phi) is 7.29. The van der Waals surface area contributed by atoms with Gasteiger partial charge in [0.2, 0.25) is 0 Å². The van der Waals surface area contributed by atoms with Crippen molar-refractivity contribution in [1.82, 2.24) is 5.32 Å². The first kappa shape index (κ1) is 17.0. The zero-order valence-corrected chi connectivity index (χ0v) is 12.7. The van der Waals surface area contributed by atoms with Crippen molar-refractivity contribution in [2.75, 3.05) is 11.9 Å². The SMILES string of the molecule is Cc1ccc(NC(=O)NCCCCCCC(=O)O)cc1C. The first-order chi connectivity index (χ1) is 9.99. The summed E-state index contributed by atoms with van der Waals surface area (Å²) in [5.41, 5.74) is 3.13. The maximum absolute atomic E-state index is 11.7. The van der Waals surface area contributed by atoms with Crippen molar-refractivity contribution in [2.24, 2.45) is 0 Å². The number of amides is 2. The number of carboxylic acids is 1. The summed E-state index contributed by atoms with van der Waals surface area (Å²) in [4.78, 5) is 22.0. The molecule has 2 amide bonds. The molecule has 3 N–H and O–H groups in total. The van der Waals surface area contributed by atoms with Gasteiger partial charge in [-0.3, -0.25) is 4.79 Å². The van der Waals surface area contributed by atoms with E-state index in [4.69, 9.17) is 5.11 Å². The van der Waals surface area contributed by atoms with Crippen LogP contribution in [0.4, 0.5) is 10.5 Å². The molecular weight excluding hydrogens is 268 g/mol. The van der Waals surface area contributed by atoms with E-state index in [1.807, 2.05) is 32.0 Å². The highest BCUT2D eigenvalue weighted by Crippen LogP contribution is 2.13. The number of carboxylic acid groups (broad SMARTS) is 1.